The van der Waals surface area contributed by atoms with Crippen LogP contribution >= 0.6 is 0 Å². The van der Waals surface area contributed by atoms with Crippen LogP contribution in [-0.2, 0) is 33.3 Å². The van der Waals surface area contributed by atoms with Gasteiger partial charge in [-0.05, 0) is 32.1 Å². The summed E-state index contributed by atoms with van der Waals surface area (Å²) in [4.78, 5) is 37.8. The number of unbranched alkanes of at least 4 members (excludes halogenated alkanes) is 4. The maximum Gasteiger partial charge on any atom is 0.339 e. The third kappa shape index (κ3) is 12.6. The second-order valence-corrected chi connectivity index (χ2v) is 7.26. The summed E-state index contributed by atoms with van der Waals surface area (Å²) in [6.07, 6.45) is 6.96. The van der Waals surface area contributed by atoms with Gasteiger partial charge in [0.25, 0.3) is 0 Å². The Morgan fingerprint density at radius 1 is 0.733 bits per heavy atom. The molecule has 0 aromatic heterocycles. The van der Waals surface area contributed by atoms with Gasteiger partial charge in [-0.2, -0.15) is 0 Å². The van der Waals surface area contributed by atoms with E-state index >= 15 is 0 Å². The minimum Gasteiger partial charge on any atom is -0.466 e. The quantitative estimate of drug-likeness (QED) is 0.129. The van der Waals surface area contributed by atoms with Gasteiger partial charge in [-0.3, -0.25) is 9.59 Å². The lowest BCUT2D eigenvalue weighted by Gasteiger charge is -2.30. The van der Waals surface area contributed by atoms with Crippen molar-refractivity contribution in [3.8, 4) is 0 Å². The van der Waals surface area contributed by atoms with E-state index in [4.69, 9.17) is 18.9 Å². The predicted octanol–water partition coefficient (Wildman–Crippen LogP) is 4.52. The number of rotatable bonds is 19. The van der Waals surface area contributed by atoms with Gasteiger partial charge in [0.2, 0.25) is 0 Å². The van der Waals surface area contributed by atoms with E-state index in [0.29, 0.717) is 19.3 Å². The predicted molar refractivity (Wildman–Crippen MR) is 115 cm³/mol. The highest BCUT2D eigenvalue weighted by Crippen LogP contribution is 2.26. The van der Waals surface area contributed by atoms with Crippen molar-refractivity contribution in [2.45, 2.75) is 90.6 Å². The fourth-order valence-corrected chi connectivity index (χ4v) is 2.53. The van der Waals surface area contributed by atoms with Crippen molar-refractivity contribution >= 4 is 17.9 Å². The number of hydrogen-bond donors (Lipinski definition) is 0. The SMILES string of the molecule is C=CCCCOC(CC(=O)OCCCC)(CC(=O)OCCCC)C(=O)OCCCC. The molecule has 0 spiro atoms. The summed E-state index contributed by atoms with van der Waals surface area (Å²) < 4.78 is 21.7. The molecule has 7 nitrogen and oxygen atoms in total. The van der Waals surface area contributed by atoms with Crippen molar-refractivity contribution in [1.82, 2.24) is 0 Å². The third-order valence-electron chi connectivity index (χ3n) is 4.42. The average Bonchev–Trinajstić information content (AvgIpc) is 2.71. The standard InChI is InChI=1S/C23H40O7/c1-5-9-13-17-30-23(22(26)29-16-12-8-4,18-20(24)27-14-10-6-2)19-21(25)28-15-11-7-3/h5H,1,6-19H2,2-4H3. The van der Waals surface area contributed by atoms with Crippen LogP contribution in [0.4, 0.5) is 0 Å². The summed E-state index contributed by atoms with van der Waals surface area (Å²) in [6.45, 7) is 10.5. The number of hydrogen-bond acceptors (Lipinski definition) is 7. The number of esters is 3. The van der Waals surface area contributed by atoms with Gasteiger partial charge in [0.05, 0.1) is 32.7 Å². The maximum absolute atomic E-state index is 13.0. The molecule has 7 heteroatoms. The first-order chi connectivity index (χ1) is 14.5. The van der Waals surface area contributed by atoms with E-state index in [1.165, 1.54) is 0 Å². The average molecular weight is 429 g/mol. The lowest BCUT2D eigenvalue weighted by atomic mass is 9.94. The Labute approximate surface area is 181 Å². The second kappa shape index (κ2) is 17.9. The van der Waals surface area contributed by atoms with Crippen LogP contribution in [0.25, 0.3) is 0 Å². The Morgan fingerprint density at radius 2 is 1.20 bits per heavy atom. The summed E-state index contributed by atoms with van der Waals surface area (Å²) in [6, 6.07) is 0. The molecule has 0 unspecified atom stereocenters. The van der Waals surface area contributed by atoms with E-state index in [9.17, 15) is 14.4 Å². The molecule has 0 N–H and O–H groups in total. The first-order valence-electron chi connectivity index (χ1n) is 11.2. The largest absolute Gasteiger partial charge is 0.466 e. The molecular formula is C23H40O7. The first kappa shape index (κ1) is 28.1. The summed E-state index contributed by atoms with van der Waals surface area (Å²) >= 11 is 0. The van der Waals surface area contributed by atoms with E-state index in [1.807, 2.05) is 20.8 Å². The number of ether oxygens (including phenoxy) is 4. The number of carbonyl (C=O) groups is 3. The third-order valence-corrected chi connectivity index (χ3v) is 4.42. The van der Waals surface area contributed by atoms with Gasteiger partial charge in [0.15, 0.2) is 5.60 Å². The Balaban J connectivity index is 5.43. The molecule has 0 aliphatic rings. The van der Waals surface area contributed by atoms with Crippen molar-refractivity contribution in [3.05, 3.63) is 12.7 Å². The van der Waals surface area contributed by atoms with Crippen LogP contribution in [0.1, 0.15) is 85.0 Å². The minimum absolute atomic E-state index is 0.180. The normalized spacial score (nSPS) is 11.0. The van der Waals surface area contributed by atoms with E-state index in [-0.39, 0.29) is 26.4 Å². The first-order valence-corrected chi connectivity index (χ1v) is 11.2. The van der Waals surface area contributed by atoms with Gasteiger partial charge in [-0.1, -0.05) is 46.1 Å². The molecule has 0 aliphatic heterocycles. The Morgan fingerprint density at radius 3 is 1.63 bits per heavy atom. The number of carbonyl (C=O) groups excluding carboxylic acids is 3. The van der Waals surface area contributed by atoms with E-state index in [2.05, 4.69) is 6.58 Å². The van der Waals surface area contributed by atoms with E-state index < -0.39 is 36.4 Å². The molecule has 174 valence electrons. The van der Waals surface area contributed by atoms with Crippen molar-refractivity contribution in [2.24, 2.45) is 0 Å². The lowest BCUT2D eigenvalue weighted by Crippen LogP contribution is -2.47. The fourth-order valence-electron chi connectivity index (χ4n) is 2.53. The van der Waals surface area contributed by atoms with Crippen molar-refractivity contribution < 1.29 is 33.3 Å². The molecule has 0 amide bonds. The molecule has 0 aromatic carbocycles. The van der Waals surface area contributed by atoms with Gasteiger partial charge < -0.3 is 18.9 Å². The van der Waals surface area contributed by atoms with E-state index in [0.717, 1.165) is 32.1 Å². The van der Waals surface area contributed by atoms with Crippen LogP contribution in [0.2, 0.25) is 0 Å². The lowest BCUT2D eigenvalue weighted by molar-refractivity contribution is -0.186. The summed E-state index contributed by atoms with van der Waals surface area (Å²) in [5, 5.41) is 0. The molecule has 0 saturated heterocycles. The molecule has 0 heterocycles. The minimum atomic E-state index is -1.75. The van der Waals surface area contributed by atoms with Gasteiger partial charge in [0.1, 0.15) is 0 Å². The molecule has 0 bridgehead atoms. The van der Waals surface area contributed by atoms with Crippen molar-refractivity contribution in [1.29, 1.82) is 0 Å². The topological polar surface area (TPSA) is 88.1 Å². The zero-order chi connectivity index (χ0) is 22.7. The highest BCUT2D eigenvalue weighted by Gasteiger charge is 2.46. The van der Waals surface area contributed by atoms with Gasteiger partial charge in [-0.25, -0.2) is 4.79 Å². The van der Waals surface area contributed by atoms with Crippen LogP contribution in [-0.4, -0.2) is 49.9 Å². The highest BCUT2D eigenvalue weighted by atomic mass is 16.6. The molecule has 0 radical (unpaired) electrons. The molecule has 0 aromatic rings. The smallest absolute Gasteiger partial charge is 0.339 e. The van der Waals surface area contributed by atoms with Crippen molar-refractivity contribution in [2.75, 3.05) is 26.4 Å². The number of allylic oxidation sites excluding steroid dienone is 1. The van der Waals surface area contributed by atoms with Crippen LogP contribution in [0, 0.1) is 0 Å². The van der Waals surface area contributed by atoms with Gasteiger partial charge in [0, 0.05) is 6.61 Å². The van der Waals surface area contributed by atoms with Crippen molar-refractivity contribution in [3.63, 3.8) is 0 Å². The van der Waals surface area contributed by atoms with Crippen LogP contribution in [0.3, 0.4) is 0 Å². The van der Waals surface area contributed by atoms with Crippen LogP contribution < -0.4 is 0 Å². The Bertz CT molecular complexity index is 478. The molecule has 0 rings (SSSR count). The zero-order valence-corrected chi connectivity index (χ0v) is 19.0. The van der Waals surface area contributed by atoms with Crippen LogP contribution in [0.15, 0.2) is 12.7 Å². The summed E-state index contributed by atoms with van der Waals surface area (Å²) in [5.41, 5.74) is -1.75. The summed E-state index contributed by atoms with van der Waals surface area (Å²) in [7, 11) is 0. The fraction of sp³-hybridized carbons (Fsp3) is 0.783. The zero-order valence-electron chi connectivity index (χ0n) is 19.0. The monoisotopic (exact) mass is 428 g/mol. The van der Waals surface area contributed by atoms with Gasteiger partial charge >= 0.3 is 17.9 Å². The maximum atomic E-state index is 13.0. The van der Waals surface area contributed by atoms with E-state index in [1.54, 1.807) is 6.08 Å². The molecule has 0 saturated carbocycles. The van der Waals surface area contributed by atoms with Crippen LogP contribution in [0.5, 0.6) is 0 Å². The molecule has 0 fully saturated rings. The molecular weight excluding hydrogens is 388 g/mol. The molecule has 0 aliphatic carbocycles. The Kier molecular flexibility index (Phi) is 16.8. The Hall–Kier alpha value is -1.89. The second-order valence-electron chi connectivity index (χ2n) is 7.26. The summed E-state index contributed by atoms with van der Waals surface area (Å²) in [5.74, 6) is -1.92. The molecule has 30 heavy (non-hydrogen) atoms. The van der Waals surface area contributed by atoms with Gasteiger partial charge in [-0.15, -0.1) is 6.58 Å². The highest BCUT2D eigenvalue weighted by molar-refractivity contribution is 5.90. The molecule has 0 atom stereocenters.